The van der Waals surface area contributed by atoms with Crippen LogP contribution in [0, 0.1) is 0 Å². The highest BCUT2D eigenvalue weighted by atomic mass is 16.6. The van der Waals surface area contributed by atoms with Crippen LogP contribution in [-0.2, 0) is 22.7 Å². The Hall–Kier alpha value is -1.76. The van der Waals surface area contributed by atoms with Crippen molar-refractivity contribution in [1.82, 2.24) is 5.32 Å². The molecule has 1 saturated carbocycles. The van der Waals surface area contributed by atoms with Crippen molar-refractivity contribution in [3.63, 3.8) is 0 Å². The number of rotatable bonds is 10. The number of aliphatic hydroxyl groups excluding tert-OH is 2. The van der Waals surface area contributed by atoms with Crippen LogP contribution < -0.4 is 5.32 Å². The quantitative estimate of drug-likeness (QED) is 0.411. The van der Waals surface area contributed by atoms with Crippen LogP contribution in [0.5, 0.6) is 0 Å². The van der Waals surface area contributed by atoms with Gasteiger partial charge in [-0.1, -0.05) is 74.0 Å². The molecule has 5 heteroatoms. The molecular formula is C25H35NO4. The average molecular weight is 414 g/mol. The largest absolute Gasteiger partial charge is 0.390 e. The fraction of sp³-hybridized carbons (Fsp3) is 0.520. The standard InChI is InChI=1S/C25H35NO4/c1-2-3-14-26-21-15-22(27)24(29-17-19-10-6-4-7-11-19)25(23(28)16-21)30-18-20-12-8-5-9-13-20/h4-13,21-28H,2-3,14-18H2,1H3/t22-,23-,24+,25+/m0/s1. The zero-order chi connectivity index (χ0) is 21.2. The van der Waals surface area contributed by atoms with Crippen LogP contribution in [0.1, 0.15) is 43.7 Å². The Morgan fingerprint density at radius 2 is 1.27 bits per heavy atom. The van der Waals surface area contributed by atoms with E-state index in [1.54, 1.807) is 0 Å². The highest BCUT2D eigenvalue weighted by Crippen LogP contribution is 2.26. The molecule has 2 aromatic rings. The van der Waals surface area contributed by atoms with E-state index in [1.165, 1.54) is 0 Å². The molecule has 0 saturated heterocycles. The molecule has 0 heterocycles. The molecule has 0 spiro atoms. The predicted molar refractivity (Wildman–Crippen MR) is 118 cm³/mol. The Labute approximate surface area is 180 Å². The summed E-state index contributed by atoms with van der Waals surface area (Å²) in [5.41, 5.74) is 2.06. The van der Waals surface area contributed by atoms with Gasteiger partial charge in [-0.2, -0.15) is 0 Å². The van der Waals surface area contributed by atoms with E-state index in [0.717, 1.165) is 30.5 Å². The third-order valence-corrected chi connectivity index (χ3v) is 5.67. The van der Waals surface area contributed by atoms with Crippen molar-refractivity contribution < 1.29 is 19.7 Å². The average Bonchev–Trinajstić information content (AvgIpc) is 2.88. The molecule has 5 nitrogen and oxygen atoms in total. The predicted octanol–water partition coefficient (Wildman–Crippen LogP) is 3.43. The molecule has 0 amide bonds. The summed E-state index contributed by atoms with van der Waals surface area (Å²) < 4.78 is 12.3. The maximum absolute atomic E-state index is 11.0. The van der Waals surface area contributed by atoms with Gasteiger partial charge in [0, 0.05) is 6.04 Å². The van der Waals surface area contributed by atoms with Crippen LogP contribution in [0.3, 0.4) is 0 Å². The summed E-state index contributed by atoms with van der Waals surface area (Å²) in [6, 6.07) is 19.8. The Balaban J connectivity index is 1.70. The minimum Gasteiger partial charge on any atom is -0.390 e. The first kappa shape index (κ1) is 22.9. The van der Waals surface area contributed by atoms with E-state index in [2.05, 4.69) is 12.2 Å². The lowest BCUT2D eigenvalue weighted by molar-refractivity contribution is -0.159. The second-order valence-electron chi connectivity index (χ2n) is 8.13. The maximum Gasteiger partial charge on any atom is 0.112 e. The number of benzene rings is 2. The first-order valence-corrected chi connectivity index (χ1v) is 11.1. The van der Waals surface area contributed by atoms with Crippen LogP contribution in [-0.4, -0.2) is 47.2 Å². The number of nitrogens with one attached hydrogen (secondary N) is 1. The molecule has 0 aliphatic heterocycles. The Kier molecular flexibility index (Phi) is 9.30. The first-order chi connectivity index (χ1) is 14.7. The first-order valence-electron chi connectivity index (χ1n) is 11.1. The topological polar surface area (TPSA) is 71.0 Å². The zero-order valence-electron chi connectivity index (χ0n) is 17.8. The molecule has 0 aromatic heterocycles. The molecule has 1 aliphatic rings. The molecule has 0 bridgehead atoms. The van der Waals surface area contributed by atoms with E-state index in [-0.39, 0.29) is 6.04 Å². The monoisotopic (exact) mass is 413 g/mol. The molecule has 1 fully saturated rings. The minimum absolute atomic E-state index is 0.0368. The Bertz CT molecular complexity index is 654. The molecule has 2 aromatic carbocycles. The van der Waals surface area contributed by atoms with E-state index < -0.39 is 24.4 Å². The van der Waals surface area contributed by atoms with Crippen LogP contribution >= 0.6 is 0 Å². The molecule has 164 valence electrons. The van der Waals surface area contributed by atoms with Crippen LogP contribution in [0.4, 0.5) is 0 Å². The molecule has 0 radical (unpaired) electrons. The Morgan fingerprint density at radius 3 is 1.70 bits per heavy atom. The van der Waals surface area contributed by atoms with Gasteiger partial charge in [-0.3, -0.25) is 0 Å². The van der Waals surface area contributed by atoms with E-state index in [9.17, 15) is 10.2 Å². The number of hydrogen-bond acceptors (Lipinski definition) is 5. The second-order valence-corrected chi connectivity index (χ2v) is 8.13. The highest BCUT2D eigenvalue weighted by Gasteiger charge is 2.40. The second kappa shape index (κ2) is 12.2. The van der Waals surface area contributed by atoms with Gasteiger partial charge in [0.1, 0.15) is 12.2 Å². The van der Waals surface area contributed by atoms with Crippen molar-refractivity contribution in [2.24, 2.45) is 0 Å². The molecule has 3 rings (SSSR count). The molecule has 3 N–H and O–H groups in total. The maximum atomic E-state index is 11.0. The normalized spacial score (nSPS) is 25.2. The molecular weight excluding hydrogens is 378 g/mol. The van der Waals surface area contributed by atoms with Gasteiger partial charge < -0.3 is 25.0 Å². The van der Waals surface area contributed by atoms with E-state index >= 15 is 0 Å². The van der Waals surface area contributed by atoms with Crippen molar-refractivity contribution >= 4 is 0 Å². The number of ether oxygens (including phenoxy) is 2. The third-order valence-electron chi connectivity index (χ3n) is 5.67. The molecule has 4 atom stereocenters. The van der Waals surface area contributed by atoms with Crippen molar-refractivity contribution in [3.05, 3.63) is 71.8 Å². The van der Waals surface area contributed by atoms with Crippen molar-refractivity contribution in [2.75, 3.05) is 6.54 Å². The van der Waals surface area contributed by atoms with Gasteiger partial charge in [0.05, 0.1) is 25.4 Å². The van der Waals surface area contributed by atoms with Gasteiger partial charge in [-0.05, 0) is 36.9 Å². The van der Waals surface area contributed by atoms with Gasteiger partial charge in [-0.15, -0.1) is 0 Å². The molecule has 30 heavy (non-hydrogen) atoms. The van der Waals surface area contributed by atoms with Crippen LogP contribution in [0.25, 0.3) is 0 Å². The van der Waals surface area contributed by atoms with Gasteiger partial charge in [0.25, 0.3) is 0 Å². The van der Waals surface area contributed by atoms with Gasteiger partial charge in [-0.25, -0.2) is 0 Å². The lowest BCUT2D eigenvalue weighted by Gasteiger charge is -2.31. The van der Waals surface area contributed by atoms with Crippen molar-refractivity contribution in [2.45, 2.75) is 76.3 Å². The summed E-state index contributed by atoms with van der Waals surface area (Å²) in [5, 5.41) is 25.4. The summed E-state index contributed by atoms with van der Waals surface area (Å²) in [7, 11) is 0. The van der Waals surface area contributed by atoms with Crippen LogP contribution in [0.15, 0.2) is 60.7 Å². The molecule has 0 unspecified atom stereocenters. The fourth-order valence-electron chi connectivity index (χ4n) is 3.98. The summed E-state index contributed by atoms with van der Waals surface area (Å²) in [6.45, 7) is 3.77. The number of hydrogen-bond donors (Lipinski definition) is 3. The van der Waals surface area contributed by atoms with Gasteiger partial charge in [0.15, 0.2) is 0 Å². The lowest BCUT2D eigenvalue weighted by Crippen LogP contribution is -2.45. The zero-order valence-corrected chi connectivity index (χ0v) is 17.8. The molecule has 1 aliphatic carbocycles. The van der Waals surface area contributed by atoms with Gasteiger partial charge in [0.2, 0.25) is 0 Å². The smallest absolute Gasteiger partial charge is 0.112 e. The van der Waals surface area contributed by atoms with Crippen molar-refractivity contribution in [1.29, 1.82) is 0 Å². The lowest BCUT2D eigenvalue weighted by atomic mass is 10.0. The van der Waals surface area contributed by atoms with E-state index in [0.29, 0.717) is 26.1 Å². The summed E-state index contributed by atoms with van der Waals surface area (Å²) in [4.78, 5) is 0. The minimum atomic E-state index is -0.717. The number of aliphatic hydroxyl groups is 2. The highest BCUT2D eigenvalue weighted by molar-refractivity contribution is 5.14. The summed E-state index contributed by atoms with van der Waals surface area (Å²) in [6.07, 6.45) is 0.623. The van der Waals surface area contributed by atoms with Crippen LogP contribution in [0.2, 0.25) is 0 Å². The van der Waals surface area contributed by atoms with Crippen molar-refractivity contribution in [3.8, 4) is 0 Å². The fourth-order valence-corrected chi connectivity index (χ4v) is 3.98. The summed E-state index contributed by atoms with van der Waals surface area (Å²) in [5.74, 6) is 0. The van der Waals surface area contributed by atoms with E-state index in [4.69, 9.17) is 9.47 Å². The summed E-state index contributed by atoms with van der Waals surface area (Å²) >= 11 is 0. The van der Waals surface area contributed by atoms with E-state index in [1.807, 2.05) is 60.7 Å². The van der Waals surface area contributed by atoms with Gasteiger partial charge >= 0.3 is 0 Å². The third kappa shape index (κ3) is 6.89. The SMILES string of the molecule is CCCCNC1C[C@H](O)[C@@H](OCc2ccccc2)[C@H](OCc2ccccc2)[C@@H](O)C1. The Morgan fingerprint density at radius 1 is 0.800 bits per heavy atom. The number of unbranched alkanes of at least 4 members (excludes halogenated alkanes) is 1.